The summed E-state index contributed by atoms with van der Waals surface area (Å²) in [5, 5.41) is 2.87. The number of rotatable bonds is 3. The average molecular weight is 345 g/mol. The van der Waals surface area contributed by atoms with Crippen molar-refractivity contribution in [1.82, 2.24) is 9.29 Å². The van der Waals surface area contributed by atoms with Gasteiger partial charge >= 0.3 is 0 Å². The van der Waals surface area contributed by atoms with E-state index < -0.39 is 10.0 Å². The smallest absolute Gasteiger partial charge is 0.257 e. The second-order valence-corrected chi connectivity index (χ2v) is 7.97. The molecular formula is C17H19N3O3S. The highest BCUT2D eigenvalue weighted by atomic mass is 32.2. The van der Waals surface area contributed by atoms with E-state index in [1.807, 2.05) is 31.2 Å². The molecule has 0 radical (unpaired) electrons. The first-order chi connectivity index (χ1) is 11.3. The van der Waals surface area contributed by atoms with Crippen LogP contribution in [0.15, 0.2) is 36.7 Å². The number of benzene rings is 1. The van der Waals surface area contributed by atoms with Crippen molar-refractivity contribution in [3.8, 4) is 0 Å². The van der Waals surface area contributed by atoms with Crippen molar-refractivity contribution in [1.29, 1.82) is 0 Å². The maximum absolute atomic E-state index is 12.6. The van der Waals surface area contributed by atoms with E-state index >= 15 is 0 Å². The van der Waals surface area contributed by atoms with Crippen LogP contribution in [0.4, 0.5) is 5.69 Å². The molecule has 24 heavy (non-hydrogen) atoms. The molecule has 1 aliphatic heterocycles. The summed E-state index contributed by atoms with van der Waals surface area (Å²) >= 11 is 0. The Labute approximate surface area is 141 Å². The van der Waals surface area contributed by atoms with Crippen LogP contribution >= 0.6 is 0 Å². The molecule has 3 rings (SSSR count). The van der Waals surface area contributed by atoms with E-state index in [4.69, 9.17) is 0 Å². The fourth-order valence-corrected chi connectivity index (χ4v) is 3.58. The number of nitrogens with one attached hydrogen (secondary N) is 1. The second-order valence-electron chi connectivity index (χ2n) is 5.99. The van der Waals surface area contributed by atoms with E-state index in [-0.39, 0.29) is 12.5 Å². The number of hydrogen-bond acceptors (Lipinski definition) is 4. The molecule has 1 aromatic carbocycles. The Morgan fingerprint density at radius 3 is 2.58 bits per heavy atom. The minimum atomic E-state index is -3.25. The number of nitrogens with zero attached hydrogens (tertiary/aromatic N) is 2. The SMILES string of the molecule is Cc1ccc(NC(=O)c2cncc3c2CCN(S(C)(=O)=O)C3)cc1. The van der Waals surface area contributed by atoms with Gasteiger partial charge in [0.25, 0.3) is 5.91 Å². The van der Waals surface area contributed by atoms with E-state index in [0.29, 0.717) is 18.5 Å². The van der Waals surface area contributed by atoms with Crippen LogP contribution in [0.25, 0.3) is 0 Å². The summed E-state index contributed by atoms with van der Waals surface area (Å²) in [5.74, 6) is -0.226. The van der Waals surface area contributed by atoms with Gasteiger partial charge < -0.3 is 5.32 Å². The largest absolute Gasteiger partial charge is 0.322 e. The lowest BCUT2D eigenvalue weighted by molar-refractivity contribution is 0.102. The van der Waals surface area contributed by atoms with Gasteiger partial charge in [-0.15, -0.1) is 0 Å². The fourth-order valence-electron chi connectivity index (χ4n) is 2.78. The van der Waals surface area contributed by atoms with Gasteiger partial charge in [-0.25, -0.2) is 8.42 Å². The number of anilines is 1. The molecule has 1 amide bonds. The second kappa shape index (κ2) is 6.33. The third-order valence-electron chi connectivity index (χ3n) is 4.13. The molecular weight excluding hydrogens is 326 g/mol. The topological polar surface area (TPSA) is 79.4 Å². The summed E-state index contributed by atoms with van der Waals surface area (Å²) < 4.78 is 24.8. The third kappa shape index (κ3) is 3.47. The molecule has 2 aromatic rings. The zero-order valence-corrected chi connectivity index (χ0v) is 14.4. The molecule has 0 fully saturated rings. The van der Waals surface area contributed by atoms with E-state index in [0.717, 1.165) is 22.4 Å². The van der Waals surface area contributed by atoms with Gasteiger partial charge in [-0.3, -0.25) is 9.78 Å². The lowest BCUT2D eigenvalue weighted by Crippen LogP contribution is -2.36. The first-order valence-electron chi connectivity index (χ1n) is 7.63. The quantitative estimate of drug-likeness (QED) is 0.922. The van der Waals surface area contributed by atoms with Gasteiger partial charge in [-0.2, -0.15) is 4.31 Å². The lowest BCUT2D eigenvalue weighted by atomic mass is 9.98. The molecule has 0 bridgehead atoms. The van der Waals surface area contributed by atoms with Crippen molar-refractivity contribution >= 4 is 21.6 Å². The van der Waals surface area contributed by atoms with Gasteiger partial charge in [0, 0.05) is 31.2 Å². The number of pyridine rings is 1. The highest BCUT2D eigenvalue weighted by molar-refractivity contribution is 7.88. The van der Waals surface area contributed by atoms with Crippen molar-refractivity contribution in [2.24, 2.45) is 0 Å². The van der Waals surface area contributed by atoms with Crippen molar-refractivity contribution in [3.63, 3.8) is 0 Å². The predicted molar refractivity (Wildman–Crippen MR) is 92.3 cm³/mol. The third-order valence-corrected chi connectivity index (χ3v) is 5.38. The molecule has 0 atom stereocenters. The van der Waals surface area contributed by atoms with E-state index in [9.17, 15) is 13.2 Å². The molecule has 0 saturated carbocycles. The van der Waals surface area contributed by atoms with E-state index in [1.54, 1.807) is 12.4 Å². The summed E-state index contributed by atoms with van der Waals surface area (Å²) in [5.41, 5.74) is 3.99. The minimum Gasteiger partial charge on any atom is -0.322 e. The lowest BCUT2D eigenvalue weighted by Gasteiger charge is -2.27. The monoisotopic (exact) mass is 345 g/mol. The van der Waals surface area contributed by atoms with Crippen molar-refractivity contribution < 1.29 is 13.2 Å². The maximum Gasteiger partial charge on any atom is 0.257 e. The van der Waals surface area contributed by atoms with Crippen LogP contribution in [0, 0.1) is 6.92 Å². The number of amides is 1. The van der Waals surface area contributed by atoms with Crippen LogP contribution < -0.4 is 5.32 Å². The highest BCUT2D eigenvalue weighted by Crippen LogP contribution is 2.24. The van der Waals surface area contributed by atoms with Gasteiger partial charge in [0.15, 0.2) is 0 Å². The first-order valence-corrected chi connectivity index (χ1v) is 9.48. The summed E-state index contributed by atoms with van der Waals surface area (Å²) in [6.07, 6.45) is 4.87. The van der Waals surface area contributed by atoms with E-state index in [2.05, 4.69) is 10.3 Å². The number of aromatic nitrogens is 1. The van der Waals surface area contributed by atoms with Crippen molar-refractivity contribution in [2.45, 2.75) is 19.9 Å². The van der Waals surface area contributed by atoms with Gasteiger partial charge in [0.1, 0.15) is 0 Å². The maximum atomic E-state index is 12.6. The van der Waals surface area contributed by atoms with Gasteiger partial charge in [-0.1, -0.05) is 17.7 Å². The number of aryl methyl sites for hydroxylation is 1. The average Bonchev–Trinajstić information content (AvgIpc) is 2.55. The molecule has 126 valence electrons. The zero-order valence-electron chi connectivity index (χ0n) is 13.6. The Hall–Kier alpha value is -2.25. The Morgan fingerprint density at radius 1 is 1.21 bits per heavy atom. The number of hydrogen-bond donors (Lipinski definition) is 1. The molecule has 1 aliphatic rings. The standard InChI is InChI=1S/C17H19N3O3S/c1-12-3-5-14(6-4-12)19-17(21)16-10-18-9-13-11-20(24(2,22)23)8-7-15(13)16/h3-6,9-10H,7-8,11H2,1-2H3,(H,19,21). The molecule has 2 heterocycles. The van der Waals surface area contributed by atoms with E-state index in [1.165, 1.54) is 10.6 Å². The summed E-state index contributed by atoms with van der Waals surface area (Å²) in [4.78, 5) is 16.7. The van der Waals surface area contributed by atoms with Crippen LogP contribution in [0.3, 0.4) is 0 Å². The molecule has 1 aromatic heterocycles. The van der Waals surface area contributed by atoms with Gasteiger partial charge in [-0.05, 0) is 36.6 Å². The first kappa shape index (κ1) is 16.6. The Kier molecular flexibility index (Phi) is 4.38. The Balaban J connectivity index is 1.85. The van der Waals surface area contributed by atoms with Gasteiger partial charge in [0.05, 0.1) is 11.8 Å². The minimum absolute atomic E-state index is 0.226. The van der Waals surface area contributed by atoms with Crippen LogP contribution in [-0.4, -0.2) is 36.4 Å². The number of sulfonamides is 1. The van der Waals surface area contributed by atoms with Crippen molar-refractivity contribution in [3.05, 3.63) is 58.9 Å². The molecule has 1 N–H and O–H groups in total. The molecule has 0 spiro atoms. The van der Waals surface area contributed by atoms with Crippen LogP contribution in [0.2, 0.25) is 0 Å². The predicted octanol–water partition coefficient (Wildman–Crippen LogP) is 1.96. The summed E-state index contributed by atoms with van der Waals surface area (Å²) in [7, 11) is -3.25. The molecule has 0 saturated heterocycles. The zero-order chi connectivity index (χ0) is 17.3. The van der Waals surface area contributed by atoms with Crippen LogP contribution in [0.1, 0.15) is 27.0 Å². The number of fused-ring (bicyclic) bond motifs is 1. The summed E-state index contributed by atoms with van der Waals surface area (Å²) in [6.45, 7) is 2.62. The van der Waals surface area contributed by atoms with Gasteiger partial charge in [0.2, 0.25) is 10.0 Å². The van der Waals surface area contributed by atoms with Crippen molar-refractivity contribution in [2.75, 3.05) is 18.1 Å². The molecule has 7 heteroatoms. The highest BCUT2D eigenvalue weighted by Gasteiger charge is 2.26. The van der Waals surface area contributed by atoms with Crippen LogP contribution in [0.5, 0.6) is 0 Å². The Bertz CT molecular complexity index is 876. The Morgan fingerprint density at radius 2 is 1.92 bits per heavy atom. The normalized spacial score (nSPS) is 14.9. The molecule has 6 nitrogen and oxygen atoms in total. The summed E-state index contributed by atoms with van der Waals surface area (Å²) in [6, 6.07) is 7.56. The fraction of sp³-hybridized carbons (Fsp3) is 0.294. The molecule has 0 unspecified atom stereocenters. The van der Waals surface area contributed by atoms with Crippen LogP contribution in [-0.2, 0) is 23.0 Å². The molecule has 0 aliphatic carbocycles. The number of carbonyl (C=O) groups excluding carboxylic acids is 1. The number of carbonyl (C=O) groups is 1.